The summed E-state index contributed by atoms with van der Waals surface area (Å²) in [5.41, 5.74) is 5.44. The quantitative estimate of drug-likeness (QED) is 0.428. The number of fused-ring (bicyclic) bond motifs is 1. The molecule has 0 fully saturated rings. The normalized spacial score (nSPS) is 18.7. The van der Waals surface area contributed by atoms with Gasteiger partial charge >= 0.3 is 0 Å². The lowest BCUT2D eigenvalue weighted by Crippen LogP contribution is -2.31. The van der Waals surface area contributed by atoms with Crippen LogP contribution in [0, 0.1) is 0 Å². The fourth-order valence-corrected chi connectivity index (χ4v) is 5.05. The molecule has 0 saturated heterocycles. The molecule has 0 amide bonds. The van der Waals surface area contributed by atoms with Crippen LogP contribution >= 0.6 is 0 Å². The first kappa shape index (κ1) is 23.6. The van der Waals surface area contributed by atoms with Crippen LogP contribution in [0.1, 0.15) is 82.4 Å². The number of rotatable bonds is 8. The van der Waals surface area contributed by atoms with Crippen LogP contribution in [0.2, 0.25) is 0 Å². The second-order valence-electron chi connectivity index (χ2n) is 10.3. The molecule has 2 heterocycles. The topological polar surface area (TPSA) is 32.7 Å². The summed E-state index contributed by atoms with van der Waals surface area (Å²) in [7, 11) is 0. The fraction of sp³-hybridized carbons (Fsp3) is 0.467. The molecule has 2 aliphatic rings. The zero-order valence-electron chi connectivity index (χ0n) is 20.7. The Hall–Kier alpha value is -2.52. The third-order valence-electron chi connectivity index (χ3n) is 6.94. The van der Waals surface area contributed by atoms with Crippen molar-refractivity contribution in [1.29, 1.82) is 0 Å². The third-order valence-corrected chi connectivity index (χ3v) is 6.94. The van der Waals surface area contributed by atoms with Crippen molar-refractivity contribution in [2.24, 2.45) is 0 Å². The number of nitrogens with zero attached hydrogens (tertiary/aromatic N) is 1. The Morgan fingerprint density at radius 1 is 1.12 bits per heavy atom. The maximum absolute atomic E-state index is 11.1. The second kappa shape index (κ2) is 10.2. The van der Waals surface area contributed by atoms with Crippen molar-refractivity contribution in [2.45, 2.75) is 77.9 Å². The van der Waals surface area contributed by atoms with Crippen LogP contribution in [0.25, 0.3) is 5.57 Å². The van der Waals surface area contributed by atoms with E-state index in [9.17, 15) is 5.11 Å². The van der Waals surface area contributed by atoms with Gasteiger partial charge in [0.15, 0.2) is 0 Å². The van der Waals surface area contributed by atoms with Crippen molar-refractivity contribution >= 4 is 5.57 Å². The smallest absolute Gasteiger partial charge is 0.132 e. The first-order valence-corrected chi connectivity index (χ1v) is 12.6. The van der Waals surface area contributed by atoms with Gasteiger partial charge in [0.2, 0.25) is 0 Å². The van der Waals surface area contributed by atoms with E-state index in [1.54, 1.807) is 0 Å². The summed E-state index contributed by atoms with van der Waals surface area (Å²) in [6, 6.07) is 14.8. The van der Waals surface area contributed by atoms with E-state index in [-0.39, 0.29) is 0 Å². The molecule has 4 rings (SSSR count). The predicted molar refractivity (Wildman–Crippen MR) is 138 cm³/mol. The molecule has 1 N–H and O–H groups in total. The lowest BCUT2D eigenvalue weighted by atomic mass is 9.84. The maximum atomic E-state index is 11.1. The van der Waals surface area contributed by atoms with E-state index in [0.29, 0.717) is 11.7 Å². The van der Waals surface area contributed by atoms with E-state index < -0.39 is 5.60 Å². The van der Waals surface area contributed by atoms with Crippen molar-refractivity contribution < 1.29 is 9.84 Å². The van der Waals surface area contributed by atoms with Crippen molar-refractivity contribution in [3.05, 3.63) is 76.9 Å². The average molecular weight is 446 g/mol. The van der Waals surface area contributed by atoms with Crippen LogP contribution in [0.15, 0.2) is 60.2 Å². The standard InChI is InChI=1S/C30H39NO2/c1-5-6-8-11-22(2)25-18-27(32)29-26(20-30(3,4)33-28(29)19-25)24-14-16-31(17-15-24)21-23-12-9-7-10-13-23/h7,9-10,12-14,18-20,22,32H,5-6,8,11,15-17,21H2,1-4H3. The lowest BCUT2D eigenvalue weighted by Gasteiger charge is -2.35. The number of hydrogen-bond donors (Lipinski definition) is 1. The maximum Gasteiger partial charge on any atom is 0.132 e. The van der Waals surface area contributed by atoms with E-state index >= 15 is 0 Å². The summed E-state index contributed by atoms with van der Waals surface area (Å²) < 4.78 is 6.36. The summed E-state index contributed by atoms with van der Waals surface area (Å²) in [6.07, 6.45) is 10.4. The van der Waals surface area contributed by atoms with Gasteiger partial charge in [-0.25, -0.2) is 0 Å². The molecule has 2 aromatic carbocycles. The highest BCUT2D eigenvalue weighted by molar-refractivity contribution is 5.87. The molecule has 0 bridgehead atoms. The Bertz CT molecular complexity index is 1020. The predicted octanol–water partition coefficient (Wildman–Crippen LogP) is 7.46. The average Bonchev–Trinajstić information content (AvgIpc) is 2.79. The van der Waals surface area contributed by atoms with E-state index in [4.69, 9.17) is 4.74 Å². The highest BCUT2D eigenvalue weighted by Gasteiger charge is 2.31. The number of ether oxygens (including phenoxy) is 1. The molecule has 0 aromatic heterocycles. The number of benzene rings is 2. The van der Waals surface area contributed by atoms with Crippen LogP contribution in [0.5, 0.6) is 11.5 Å². The largest absolute Gasteiger partial charge is 0.507 e. The molecule has 0 aliphatic carbocycles. The minimum atomic E-state index is -0.402. The van der Waals surface area contributed by atoms with Crippen molar-refractivity contribution in [2.75, 3.05) is 13.1 Å². The molecule has 3 heteroatoms. The molecule has 33 heavy (non-hydrogen) atoms. The molecule has 176 valence electrons. The number of unbranched alkanes of at least 4 members (excludes halogenated alkanes) is 2. The van der Waals surface area contributed by atoms with Crippen LogP contribution < -0.4 is 4.74 Å². The zero-order valence-corrected chi connectivity index (χ0v) is 20.7. The van der Waals surface area contributed by atoms with E-state index in [0.717, 1.165) is 49.4 Å². The Balaban J connectivity index is 1.56. The zero-order chi connectivity index (χ0) is 23.4. The Morgan fingerprint density at radius 3 is 2.61 bits per heavy atom. The molecule has 1 unspecified atom stereocenters. The van der Waals surface area contributed by atoms with Gasteiger partial charge in [-0.2, -0.15) is 0 Å². The minimum absolute atomic E-state index is 0.346. The summed E-state index contributed by atoms with van der Waals surface area (Å²) in [5, 5.41) is 11.1. The molecule has 1 atom stereocenters. The lowest BCUT2D eigenvalue weighted by molar-refractivity contribution is 0.157. The molecule has 2 aromatic rings. The van der Waals surface area contributed by atoms with Gasteiger partial charge in [0.25, 0.3) is 0 Å². The molecule has 3 nitrogen and oxygen atoms in total. The summed E-state index contributed by atoms with van der Waals surface area (Å²) >= 11 is 0. The fourth-order valence-electron chi connectivity index (χ4n) is 5.05. The van der Waals surface area contributed by atoms with Gasteiger partial charge in [0.05, 0.1) is 5.56 Å². The molecular formula is C30H39NO2. The Morgan fingerprint density at radius 2 is 1.91 bits per heavy atom. The third kappa shape index (κ3) is 5.70. The van der Waals surface area contributed by atoms with Gasteiger partial charge in [0.1, 0.15) is 17.1 Å². The van der Waals surface area contributed by atoms with Gasteiger partial charge in [-0.1, -0.05) is 69.5 Å². The Labute approximate surface area is 199 Å². The highest BCUT2D eigenvalue weighted by Crippen LogP contribution is 2.47. The minimum Gasteiger partial charge on any atom is -0.507 e. The van der Waals surface area contributed by atoms with Crippen LogP contribution in [0.3, 0.4) is 0 Å². The summed E-state index contributed by atoms with van der Waals surface area (Å²) in [6.45, 7) is 11.6. The van der Waals surface area contributed by atoms with E-state index in [2.05, 4.69) is 81.1 Å². The van der Waals surface area contributed by atoms with Gasteiger partial charge in [-0.05, 0) is 73.1 Å². The first-order chi connectivity index (χ1) is 15.9. The molecular weight excluding hydrogens is 406 g/mol. The molecule has 0 spiro atoms. The van der Waals surface area contributed by atoms with Crippen LogP contribution in [0.4, 0.5) is 0 Å². The molecule has 0 saturated carbocycles. The first-order valence-electron chi connectivity index (χ1n) is 12.6. The van der Waals surface area contributed by atoms with Gasteiger partial charge in [-0.3, -0.25) is 4.90 Å². The number of phenols is 1. The summed E-state index contributed by atoms with van der Waals surface area (Å²) in [5.74, 6) is 1.58. The SMILES string of the molecule is CCCCCC(C)c1cc(O)c2c(c1)OC(C)(C)C=C2C1=CCN(Cc2ccccc2)CC1. The number of hydrogen-bond acceptors (Lipinski definition) is 3. The Kier molecular flexibility index (Phi) is 7.29. The van der Waals surface area contributed by atoms with Gasteiger partial charge < -0.3 is 9.84 Å². The van der Waals surface area contributed by atoms with Crippen molar-refractivity contribution in [3.63, 3.8) is 0 Å². The number of allylic oxidation sites excluding steroid dienone is 1. The van der Waals surface area contributed by atoms with Crippen LogP contribution in [-0.2, 0) is 6.54 Å². The highest BCUT2D eigenvalue weighted by atomic mass is 16.5. The number of phenolic OH excluding ortho intramolecular Hbond substituents is 1. The molecule has 2 aliphatic heterocycles. The van der Waals surface area contributed by atoms with Crippen LogP contribution in [-0.4, -0.2) is 28.7 Å². The number of aromatic hydroxyl groups is 1. The molecule has 0 radical (unpaired) electrons. The second-order valence-corrected chi connectivity index (χ2v) is 10.3. The van der Waals surface area contributed by atoms with Gasteiger partial charge in [0, 0.05) is 19.6 Å². The van der Waals surface area contributed by atoms with E-state index in [1.807, 2.05) is 6.07 Å². The van der Waals surface area contributed by atoms with Gasteiger partial charge in [-0.15, -0.1) is 0 Å². The van der Waals surface area contributed by atoms with E-state index in [1.165, 1.54) is 36.0 Å². The van der Waals surface area contributed by atoms with Crippen molar-refractivity contribution in [1.82, 2.24) is 4.90 Å². The summed E-state index contributed by atoms with van der Waals surface area (Å²) in [4.78, 5) is 2.48. The monoisotopic (exact) mass is 445 g/mol. The van der Waals surface area contributed by atoms with Crippen molar-refractivity contribution in [3.8, 4) is 11.5 Å².